The molecule has 0 amide bonds. The van der Waals surface area contributed by atoms with Crippen LogP contribution >= 0.6 is 0 Å². The number of methoxy groups -OCH3 is 1. The molecular weight excluding hydrogens is 192 g/mol. The number of hydrogen-bond donors (Lipinski definition) is 1. The lowest BCUT2D eigenvalue weighted by Crippen LogP contribution is -2.15. The molecule has 0 bridgehead atoms. The molecule has 0 saturated heterocycles. The highest BCUT2D eigenvalue weighted by atomic mass is 16.5. The highest BCUT2D eigenvalue weighted by molar-refractivity contribution is 5.68. The van der Waals surface area contributed by atoms with Gasteiger partial charge in [-0.25, -0.2) is 0 Å². The number of carbonyl (C=O) groups excluding carboxylic acids is 1. The largest absolute Gasteiger partial charge is 0.468 e. The number of aromatic nitrogens is 1. The molecule has 0 aliphatic heterocycles. The van der Waals surface area contributed by atoms with Crippen molar-refractivity contribution in [3.63, 3.8) is 0 Å². The number of rotatable bonds is 5. The summed E-state index contributed by atoms with van der Waals surface area (Å²) in [6.07, 6.45) is 6.47. The Bertz CT molecular complexity index is 342. The predicted molar refractivity (Wildman–Crippen MR) is 56.3 cm³/mol. The normalized spacial score (nSPS) is 15.3. The Morgan fingerprint density at radius 1 is 1.67 bits per heavy atom. The van der Waals surface area contributed by atoms with Crippen LogP contribution < -0.4 is 5.32 Å². The van der Waals surface area contributed by atoms with Crippen molar-refractivity contribution < 1.29 is 9.53 Å². The van der Waals surface area contributed by atoms with Gasteiger partial charge in [0.25, 0.3) is 0 Å². The summed E-state index contributed by atoms with van der Waals surface area (Å²) in [5.41, 5.74) is 1.21. The Hall–Kier alpha value is -1.29. The number of nitrogens with one attached hydrogen (secondary N) is 1. The highest BCUT2D eigenvalue weighted by Gasteiger charge is 2.19. The third-order valence-electron chi connectivity index (χ3n) is 2.52. The van der Waals surface area contributed by atoms with Gasteiger partial charge in [0.15, 0.2) is 0 Å². The number of ether oxygens (including phenoxy) is 1. The maximum atomic E-state index is 11.0. The van der Waals surface area contributed by atoms with Crippen molar-refractivity contribution >= 4 is 5.97 Å². The van der Waals surface area contributed by atoms with Crippen molar-refractivity contribution in [2.45, 2.75) is 32.0 Å². The van der Waals surface area contributed by atoms with Crippen LogP contribution in [0.3, 0.4) is 0 Å². The second-order valence-electron chi connectivity index (χ2n) is 3.92. The van der Waals surface area contributed by atoms with Gasteiger partial charge < -0.3 is 14.6 Å². The molecule has 2 rings (SSSR count). The van der Waals surface area contributed by atoms with Crippen LogP contribution in [-0.2, 0) is 22.6 Å². The molecule has 1 aliphatic rings. The first-order chi connectivity index (χ1) is 7.28. The van der Waals surface area contributed by atoms with Crippen LogP contribution in [0.5, 0.6) is 0 Å². The van der Waals surface area contributed by atoms with Gasteiger partial charge in [-0.05, 0) is 24.5 Å². The summed E-state index contributed by atoms with van der Waals surface area (Å²) in [5.74, 6) is -0.215. The maximum absolute atomic E-state index is 11.0. The van der Waals surface area contributed by atoms with Gasteiger partial charge in [0.1, 0.15) is 6.54 Å². The van der Waals surface area contributed by atoms with Crippen molar-refractivity contribution in [3.8, 4) is 0 Å². The zero-order valence-corrected chi connectivity index (χ0v) is 8.90. The van der Waals surface area contributed by atoms with E-state index < -0.39 is 0 Å². The fourth-order valence-electron chi connectivity index (χ4n) is 1.46. The van der Waals surface area contributed by atoms with Crippen molar-refractivity contribution in [2.24, 2.45) is 0 Å². The summed E-state index contributed by atoms with van der Waals surface area (Å²) in [6.45, 7) is 1.18. The monoisotopic (exact) mass is 208 g/mol. The SMILES string of the molecule is COC(=O)Cn1ccc(CNC2CC2)c1. The zero-order chi connectivity index (χ0) is 10.7. The molecule has 0 aromatic carbocycles. The first-order valence-corrected chi connectivity index (χ1v) is 5.23. The van der Waals surface area contributed by atoms with E-state index in [2.05, 4.69) is 10.1 Å². The minimum Gasteiger partial charge on any atom is -0.468 e. The molecule has 0 spiro atoms. The number of hydrogen-bond acceptors (Lipinski definition) is 3. The van der Waals surface area contributed by atoms with Crippen LogP contribution in [0.4, 0.5) is 0 Å². The van der Waals surface area contributed by atoms with Gasteiger partial charge in [-0.1, -0.05) is 0 Å². The molecule has 1 N–H and O–H groups in total. The molecule has 1 aromatic rings. The van der Waals surface area contributed by atoms with Gasteiger partial charge in [-0.2, -0.15) is 0 Å². The maximum Gasteiger partial charge on any atom is 0.325 e. The molecule has 1 aromatic heterocycles. The fourth-order valence-corrected chi connectivity index (χ4v) is 1.46. The van der Waals surface area contributed by atoms with Crippen molar-refractivity contribution in [3.05, 3.63) is 24.0 Å². The molecular formula is C11H16N2O2. The summed E-state index contributed by atoms with van der Waals surface area (Å²) in [7, 11) is 1.40. The molecule has 82 valence electrons. The summed E-state index contributed by atoms with van der Waals surface area (Å²) < 4.78 is 6.44. The summed E-state index contributed by atoms with van der Waals surface area (Å²) in [5, 5.41) is 3.42. The summed E-state index contributed by atoms with van der Waals surface area (Å²) in [4.78, 5) is 11.0. The third-order valence-corrected chi connectivity index (χ3v) is 2.52. The van der Waals surface area contributed by atoms with Crippen molar-refractivity contribution in [2.75, 3.05) is 7.11 Å². The molecule has 4 nitrogen and oxygen atoms in total. The molecule has 1 fully saturated rings. The zero-order valence-electron chi connectivity index (χ0n) is 8.90. The van der Waals surface area contributed by atoms with Gasteiger partial charge >= 0.3 is 5.97 Å². The molecule has 4 heteroatoms. The van der Waals surface area contributed by atoms with Gasteiger partial charge in [-0.15, -0.1) is 0 Å². The van der Waals surface area contributed by atoms with Crippen LogP contribution in [0.15, 0.2) is 18.5 Å². The van der Waals surface area contributed by atoms with Crippen LogP contribution in [0.1, 0.15) is 18.4 Å². The lowest BCUT2D eigenvalue weighted by atomic mass is 10.3. The number of esters is 1. The molecule has 0 unspecified atom stereocenters. The van der Waals surface area contributed by atoms with Gasteiger partial charge in [0.05, 0.1) is 7.11 Å². The second-order valence-corrected chi connectivity index (χ2v) is 3.92. The first-order valence-electron chi connectivity index (χ1n) is 5.23. The lowest BCUT2D eigenvalue weighted by molar-refractivity contribution is -0.141. The van der Waals surface area contributed by atoms with E-state index in [0.29, 0.717) is 12.6 Å². The van der Waals surface area contributed by atoms with E-state index in [0.717, 1.165) is 6.54 Å². The Kier molecular flexibility index (Phi) is 3.06. The van der Waals surface area contributed by atoms with E-state index >= 15 is 0 Å². The van der Waals surface area contributed by atoms with Crippen LogP contribution in [0.25, 0.3) is 0 Å². The predicted octanol–water partition coefficient (Wildman–Crippen LogP) is 0.913. The Morgan fingerprint density at radius 3 is 3.13 bits per heavy atom. The molecule has 1 aliphatic carbocycles. The first kappa shape index (κ1) is 10.2. The molecule has 15 heavy (non-hydrogen) atoms. The van der Waals surface area contributed by atoms with Crippen LogP contribution in [-0.4, -0.2) is 23.7 Å². The average Bonchev–Trinajstić information content (AvgIpc) is 2.97. The van der Waals surface area contributed by atoms with Crippen molar-refractivity contribution in [1.82, 2.24) is 9.88 Å². The molecule has 0 atom stereocenters. The van der Waals surface area contributed by atoms with E-state index in [1.807, 2.05) is 23.0 Å². The van der Waals surface area contributed by atoms with E-state index in [9.17, 15) is 4.79 Å². The molecule has 0 radical (unpaired) electrons. The van der Waals surface area contributed by atoms with E-state index in [1.54, 1.807) is 0 Å². The summed E-state index contributed by atoms with van der Waals surface area (Å²) in [6, 6.07) is 2.74. The second kappa shape index (κ2) is 4.49. The smallest absolute Gasteiger partial charge is 0.325 e. The lowest BCUT2D eigenvalue weighted by Gasteiger charge is -2.01. The fraction of sp³-hybridized carbons (Fsp3) is 0.545. The Balaban J connectivity index is 1.82. The van der Waals surface area contributed by atoms with E-state index in [4.69, 9.17) is 0 Å². The Morgan fingerprint density at radius 2 is 2.47 bits per heavy atom. The number of nitrogens with zero attached hydrogens (tertiary/aromatic N) is 1. The average molecular weight is 208 g/mol. The summed E-state index contributed by atoms with van der Waals surface area (Å²) >= 11 is 0. The van der Waals surface area contributed by atoms with Crippen LogP contribution in [0.2, 0.25) is 0 Å². The van der Waals surface area contributed by atoms with Crippen molar-refractivity contribution in [1.29, 1.82) is 0 Å². The molecule has 1 saturated carbocycles. The van der Waals surface area contributed by atoms with E-state index in [1.165, 1.54) is 25.5 Å². The third kappa shape index (κ3) is 3.09. The van der Waals surface area contributed by atoms with Gasteiger partial charge in [-0.3, -0.25) is 4.79 Å². The quantitative estimate of drug-likeness (QED) is 0.731. The number of carbonyl (C=O) groups is 1. The van der Waals surface area contributed by atoms with Gasteiger partial charge in [0, 0.05) is 25.0 Å². The minimum atomic E-state index is -0.215. The minimum absolute atomic E-state index is 0.215. The van der Waals surface area contributed by atoms with E-state index in [-0.39, 0.29) is 5.97 Å². The highest BCUT2D eigenvalue weighted by Crippen LogP contribution is 2.19. The topological polar surface area (TPSA) is 43.3 Å². The van der Waals surface area contributed by atoms with Gasteiger partial charge in [0.2, 0.25) is 0 Å². The van der Waals surface area contributed by atoms with Crippen LogP contribution in [0, 0.1) is 0 Å². The standard InChI is InChI=1S/C11H16N2O2/c1-15-11(14)8-13-5-4-9(7-13)6-12-10-2-3-10/h4-5,7,10,12H,2-3,6,8H2,1H3. The Labute approximate surface area is 89.2 Å². The molecule has 1 heterocycles.